The summed E-state index contributed by atoms with van der Waals surface area (Å²) in [5.41, 5.74) is 0. The summed E-state index contributed by atoms with van der Waals surface area (Å²) in [6.45, 7) is 5.60. The highest BCUT2D eigenvalue weighted by molar-refractivity contribution is 7.89. The van der Waals surface area contributed by atoms with Crippen molar-refractivity contribution in [3.05, 3.63) is 17.9 Å². The van der Waals surface area contributed by atoms with Crippen molar-refractivity contribution in [1.29, 1.82) is 0 Å². The largest absolute Gasteiger partial charge is 0.447 e. The highest BCUT2D eigenvalue weighted by atomic mass is 32.2. The Labute approximate surface area is 126 Å². The van der Waals surface area contributed by atoms with E-state index in [1.807, 2.05) is 18.9 Å². The van der Waals surface area contributed by atoms with E-state index in [1.54, 1.807) is 13.2 Å². The molecule has 122 valence electrons. The van der Waals surface area contributed by atoms with Crippen molar-refractivity contribution in [2.24, 2.45) is 0 Å². The van der Waals surface area contributed by atoms with Crippen LogP contribution in [0.25, 0.3) is 0 Å². The third-order valence-electron chi connectivity index (χ3n) is 2.91. The first kappa shape index (κ1) is 18.1. The summed E-state index contributed by atoms with van der Waals surface area (Å²) in [4.78, 5) is 1.99. The van der Waals surface area contributed by atoms with E-state index in [4.69, 9.17) is 9.15 Å². The van der Waals surface area contributed by atoms with Crippen molar-refractivity contribution in [2.45, 2.75) is 18.6 Å². The van der Waals surface area contributed by atoms with Gasteiger partial charge in [-0.05, 0) is 25.7 Å². The fourth-order valence-electron chi connectivity index (χ4n) is 1.65. The Morgan fingerprint density at radius 2 is 2.10 bits per heavy atom. The first-order chi connectivity index (χ1) is 9.99. The SMILES string of the molecule is CCNCc1ccc(S(=O)(=O)NCCN(C)CCOC)o1. The number of sulfonamides is 1. The van der Waals surface area contributed by atoms with Gasteiger partial charge in [-0.1, -0.05) is 6.92 Å². The summed E-state index contributed by atoms with van der Waals surface area (Å²) in [5.74, 6) is 0.606. The number of hydrogen-bond acceptors (Lipinski definition) is 6. The lowest BCUT2D eigenvalue weighted by atomic mass is 10.4. The molecule has 0 saturated heterocycles. The highest BCUT2D eigenvalue weighted by Crippen LogP contribution is 2.13. The van der Waals surface area contributed by atoms with Gasteiger partial charge in [0, 0.05) is 26.7 Å². The molecule has 1 heterocycles. The van der Waals surface area contributed by atoms with Crippen LogP contribution in [0.4, 0.5) is 0 Å². The van der Waals surface area contributed by atoms with Gasteiger partial charge in [-0.15, -0.1) is 0 Å². The van der Waals surface area contributed by atoms with Crippen molar-refractivity contribution in [3.8, 4) is 0 Å². The zero-order valence-electron chi connectivity index (χ0n) is 12.9. The fourth-order valence-corrected chi connectivity index (χ4v) is 2.61. The molecule has 1 rings (SSSR count). The Morgan fingerprint density at radius 1 is 1.33 bits per heavy atom. The van der Waals surface area contributed by atoms with Crippen LogP contribution in [0.1, 0.15) is 12.7 Å². The predicted octanol–water partition coefficient (Wildman–Crippen LogP) is 0.246. The lowest BCUT2D eigenvalue weighted by Crippen LogP contribution is -2.34. The molecular formula is C13H25N3O4S. The van der Waals surface area contributed by atoms with Gasteiger partial charge < -0.3 is 19.4 Å². The molecule has 1 aromatic heterocycles. The molecule has 0 aliphatic heterocycles. The van der Waals surface area contributed by atoms with Gasteiger partial charge in [0.05, 0.1) is 13.2 Å². The maximum atomic E-state index is 12.0. The lowest BCUT2D eigenvalue weighted by molar-refractivity contribution is 0.162. The summed E-state index contributed by atoms with van der Waals surface area (Å²) >= 11 is 0. The molecule has 0 aliphatic rings. The van der Waals surface area contributed by atoms with Gasteiger partial charge in [-0.25, -0.2) is 13.1 Å². The van der Waals surface area contributed by atoms with E-state index in [9.17, 15) is 8.42 Å². The monoisotopic (exact) mass is 319 g/mol. The van der Waals surface area contributed by atoms with Crippen molar-refractivity contribution in [3.63, 3.8) is 0 Å². The maximum absolute atomic E-state index is 12.0. The van der Waals surface area contributed by atoms with Crippen LogP contribution in [0.3, 0.4) is 0 Å². The first-order valence-electron chi connectivity index (χ1n) is 6.96. The predicted molar refractivity (Wildman–Crippen MR) is 80.7 cm³/mol. The molecular weight excluding hydrogens is 294 g/mol. The van der Waals surface area contributed by atoms with Crippen molar-refractivity contribution >= 4 is 10.0 Å². The van der Waals surface area contributed by atoms with E-state index in [0.717, 1.165) is 13.1 Å². The number of ether oxygens (including phenoxy) is 1. The third-order valence-corrected chi connectivity index (χ3v) is 4.25. The number of furan rings is 1. The van der Waals surface area contributed by atoms with Crippen LogP contribution in [0.2, 0.25) is 0 Å². The summed E-state index contributed by atoms with van der Waals surface area (Å²) in [6, 6.07) is 3.14. The number of rotatable bonds is 11. The molecule has 1 aromatic rings. The molecule has 0 unspecified atom stereocenters. The Kier molecular flexibility index (Phi) is 7.91. The molecule has 0 radical (unpaired) electrons. The summed E-state index contributed by atoms with van der Waals surface area (Å²) in [5, 5.41) is 3.03. The van der Waals surface area contributed by atoms with Gasteiger partial charge in [0.15, 0.2) is 0 Å². The molecule has 0 bridgehead atoms. The second kappa shape index (κ2) is 9.16. The topological polar surface area (TPSA) is 83.8 Å². The van der Waals surface area contributed by atoms with E-state index in [1.165, 1.54) is 6.07 Å². The fraction of sp³-hybridized carbons (Fsp3) is 0.692. The minimum atomic E-state index is -3.58. The standard InChI is InChI=1S/C13H25N3O4S/c1-4-14-11-12-5-6-13(20-12)21(17,18)15-7-8-16(2)9-10-19-3/h5-6,14-15H,4,7-11H2,1-3H3. The van der Waals surface area contributed by atoms with Gasteiger partial charge in [0.1, 0.15) is 5.76 Å². The molecule has 8 heteroatoms. The Bertz CT molecular complexity index is 501. The molecule has 21 heavy (non-hydrogen) atoms. The Balaban J connectivity index is 2.44. The van der Waals surface area contributed by atoms with Crippen LogP contribution in [0.5, 0.6) is 0 Å². The lowest BCUT2D eigenvalue weighted by Gasteiger charge is -2.15. The second-order valence-electron chi connectivity index (χ2n) is 4.69. The van der Waals surface area contributed by atoms with Gasteiger partial charge in [0.25, 0.3) is 10.0 Å². The second-order valence-corrected chi connectivity index (χ2v) is 6.39. The van der Waals surface area contributed by atoms with Crippen LogP contribution in [0.15, 0.2) is 21.6 Å². The quantitative estimate of drug-likeness (QED) is 0.608. The highest BCUT2D eigenvalue weighted by Gasteiger charge is 2.18. The number of nitrogens with zero attached hydrogens (tertiary/aromatic N) is 1. The van der Waals surface area contributed by atoms with E-state index in [-0.39, 0.29) is 5.09 Å². The molecule has 0 aliphatic carbocycles. The Hall–Kier alpha value is -0.930. The van der Waals surface area contributed by atoms with Crippen LogP contribution in [-0.2, 0) is 21.3 Å². The average molecular weight is 319 g/mol. The van der Waals surface area contributed by atoms with Gasteiger partial charge in [0.2, 0.25) is 5.09 Å². The van der Waals surface area contributed by atoms with E-state index >= 15 is 0 Å². The molecule has 7 nitrogen and oxygen atoms in total. The van der Waals surface area contributed by atoms with Crippen LogP contribution < -0.4 is 10.0 Å². The zero-order valence-corrected chi connectivity index (χ0v) is 13.7. The molecule has 0 atom stereocenters. The number of methoxy groups -OCH3 is 1. The summed E-state index contributed by atoms with van der Waals surface area (Å²) in [7, 11) is -0.0342. The van der Waals surface area contributed by atoms with E-state index in [2.05, 4.69) is 10.0 Å². The number of hydrogen-bond donors (Lipinski definition) is 2. The van der Waals surface area contributed by atoms with Crippen LogP contribution in [0, 0.1) is 0 Å². The minimum absolute atomic E-state index is 0.0463. The molecule has 0 spiro atoms. The van der Waals surface area contributed by atoms with Gasteiger partial charge in [-0.3, -0.25) is 0 Å². The zero-order chi connectivity index (χ0) is 15.7. The average Bonchev–Trinajstić information content (AvgIpc) is 2.92. The van der Waals surface area contributed by atoms with Gasteiger partial charge in [-0.2, -0.15) is 0 Å². The number of likely N-dealkylation sites (N-methyl/N-ethyl adjacent to an activating group) is 1. The maximum Gasteiger partial charge on any atom is 0.274 e. The molecule has 0 fully saturated rings. The van der Waals surface area contributed by atoms with E-state index in [0.29, 0.717) is 32.0 Å². The Morgan fingerprint density at radius 3 is 2.76 bits per heavy atom. The van der Waals surface area contributed by atoms with Gasteiger partial charge >= 0.3 is 0 Å². The summed E-state index contributed by atoms with van der Waals surface area (Å²) in [6.07, 6.45) is 0. The summed E-state index contributed by atoms with van der Waals surface area (Å²) < 4.78 is 36.9. The molecule has 2 N–H and O–H groups in total. The molecule has 0 amide bonds. The van der Waals surface area contributed by atoms with Crippen molar-refractivity contribution < 1.29 is 17.6 Å². The smallest absolute Gasteiger partial charge is 0.274 e. The third kappa shape index (κ3) is 6.58. The van der Waals surface area contributed by atoms with Crippen LogP contribution >= 0.6 is 0 Å². The molecule has 0 saturated carbocycles. The van der Waals surface area contributed by atoms with Crippen LogP contribution in [-0.4, -0.2) is 60.3 Å². The van der Waals surface area contributed by atoms with Crippen molar-refractivity contribution in [1.82, 2.24) is 14.9 Å². The first-order valence-corrected chi connectivity index (χ1v) is 8.44. The number of nitrogens with one attached hydrogen (secondary N) is 2. The normalized spacial score (nSPS) is 12.2. The minimum Gasteiger partial charge on any atom is -0.447 e. The van der Waals surface area contributed by atoms with E-state index < -0.39 is 10.0 Å². The van der Waals surface area contributed by atoms with Crippen molar-refractivity contribution in [2.75, 3.05) is 46.9 Å². The molecule has 0 aromatic carbocycles.